The fourth-order valence-electron chi connectivity index (χ4n) is 0.269. The van der Waals surface area contributed by atoms with Crippen molar-refractivity contribution in [2.45, 2.75) is 28.7 Å². The van der Waals surface area contributed by atoms with E-state index in [-0.39, 0.29) is 24.4 Å². The Labute approximate surface area is 61.2 Å². The summed E-state index contributed by atoms with van der Waals surface area (Å²) in [5, 5.41) is 8.57. The molecule has 0 rings (SSSR count). The topological polar surface area (TPSA) is 23.8 Å². The third kappa shape index (κ3) is 2.03. The predicted molar refractivity (Wildman–Crippen MR) is 35.9 cm³/mol. The second kappa shape index (κ2) is 3.33. The summed E-state index contributed by atoms with van der Waals surface area (Å²) in [5.74, 6) is 0. The monoisotopic (exact) mass is 227 g/mol. The van der Waals surface area contributed by atoms with Crippen molar-refractivity contribution in [2.75, 3.05) is 0 Å². The van der Waals surface area contributed by atoms with Gasteiger partial charge in [-0.1, -0.05) is 0 Å². The number of hydrogen-bond acceptors (Lipinski definition) is 1. The third-order valence-corrected chi connectivity index (χ3v) is 5.02. The molecular formula is C6H11NTe. The number of hydrogen-bond donors (Lipinski definition) is 0. The van der Waals surface area contributed by atoms with E-state index in [1.165, 1.54) is 0 Å². The molecule has 0 saturated heterocycles. The first kappa shape index (κ1) is 8.28. The molecule has 0 bridgehead atoms. The molecule has 0 radical (unpaired) electrons. The second-order valence-electron chi connectivity index (χ2n) is 1.90. The summed E-state index contributed by atoms with van der Waals surface area (Å²) in [6, 6.07) is 2.34. The zero-order chi connectivity index (χ0) is 6.62. The second-order valence-corrected chi connectivity index (χ2v) is 5.64. The maximum atomic E-state index is 8.57. The van der Waals surface area contributed by atoms with Crippen molar-refractivity contribution in [2.24, 2.45) is 0 Å². The van der Waals surface area contributed by atoms with Gasteiger partial charge in [0.2, 0.25) is 0 Å². The molecule has 0 heterocycles. The van der Waals surface area contributed by atoms with Crippen LogP contribution in [0.25, 0.3) is 0 Å². The third-order valence-electron chi connectivity index (χ3n) is 1.36. The van der Waals surface area contributed by atoms with Gasteiger partial charge in [0.05, 0.1) is 0 Å². The average molecular weight is 225 g/mol. The molecule has 0 aliphatic heterocycles. The predicted octanol–water partition coefficient (Wildman–Crippen LogP) is 1.85. The van der Waals surface area contributed by atoms with Crippen LogP contribution in [-0.2, 0) is 0 Å². The van der Waals surface area contributed by atoms with Crippen LogP contribution in [0, 0.1) is 11.3 Å². The van der Waals surface area contributed by atoms with Crippen molar-refractivity contribution in [1.29, 1.82) is 5.26 Å². The maximum absolute atomic E-state index is 8.57. The molecular weight excluding hydrogens is 214 g/mol. The quantitative estimate of drug-likeness (QED) is 0.657. The molecule has 0 aromatic carbocycles. The summed E-state index contributed by atoms with van der Waals surface area (Å²) in [7, 11) is 0. The summed E-state index contributed by atoms with van der Waals surface area (Å²) >= 11 is -0.0600. The van der Waals surface area contributed by atoms with Crippen LogP contribution in [0.5, 0.6) is 0 Å². The molecule has 1 unspecified atom stereocenters. The van der Waals surface area contributed by atoms with Crippen molar-refractivity contribution in [3.63, 3.8) is 0 Å². The Morgan fingerprint density at radius 3 is 2.25 bits per heavy atom. The molecule has 0 aliphatic rings. The van der Waals surface area contributed by atoms with Gasteiger partial charge >= 0.3 is 61.0 Å². The van der Waals surface area contributed by atoms with E-state index in [1.54, 1.807) is 0 Å². The Morgan fingerprint density at radius 2 is 2.25 bits per heavy atom. The van der Waals surface area contributed by atoms with Gasteiger partial charge in [0.1, 0.15) is 0 Å². The molecule has 0 aromatic rings. The van der Waals surface area contributed by atoms with Crippen LogP contribution in [-0.4, -0.2) is 20.9 Å². The first-order valence-corrected chi connectivity index (χ1v) is 6.14. The number of nitrogens with zero attached hydrogens (tertiary/aromatic N) is 1. The van der Waals surface area contributed by atoms with Gasteiger partial charge in [0.15, 0.2) is 0 Å². The van der Waals surface area contributed by atoms with E-state index in [4.69, 9.17) is 5.26 Å². The summed E-state index contributed by atoms with van der Waals surface area (Å²) < 4.78 is 0.0606. The Balaban J connectivity index is 3.83. The van der Waals surface area contributed by atoms with Gasteiger partial charge in [-0.15, -0.1) is 0 Å². The van der Waals surface area contributed by atoms with Crippen molar-refractivity contribution in [3.05, 3.63) is 0 Å². The molecule has 0 N–H and O–H groups in total. The molecule has 0 aromatic heterocycles. The zero-order valence-corrected chi connectivity index (χ0v) is 7.89. The van der Waals surface area contributed by atoms with Gasteiger partial charge in [-0.2, -0.15) is 0 Å². The van der Waals surface area contributed by atoms with Crippen molar-refractivity contribution >= 4 is 20.9 Å². The van der Waals surface area contributed by atoms with E-state index in [0.29, 0.717) is 0 Å². The van der Waals surface area contributed by atoms with Crippen molar-refractivity contribution in [3.8, 4) is 6.07 Å². The van der Waals surface area contributed by atoms with E-state index in [2.05, 4.69) is 24.9 Å². The minimum atomic E-state index is -0.0600. The Kier molecular flexibility index (Phi) is 3.45. The van der Waals surface area contributed by atoms with Gasteiger partial charge in [0, 0.05) is 0 Å². The van der Waals surface area contributed by atoms with E-state index >= 15 is 0 Å². The molecule has 0 spiro atoms. The summed E-state index contributed by atoms with van der Waals surface area (Å²) in [5.41, 5.74) is 0. The van der Waals surface area contributed by atoms with Crippen LogP contribution in [0.3, 0.4) is 0 Å². The summed E-state index contributed by atoms with van der Waals surface area (Å²) in [6.45, 7) is 4.13. The van der Waals surface area contributed by atoms with Gasteiger partial charge in [0.25, 0.3) is 0 Å². The van der Waals surface area contributed by atoms with E-state index in [9.17, 15) is 0 Å². The van der Waals surface area contributed by atoms with Gasteiger partial charge in [-0.25, -0.2) is 0 Å². The van der Waals surface area contributed by atoms with Gasteiger partial charge in [-0.05, 0) is 0 Å². The van der Waals surface area contributed by atoms with E-state index in [1.807, 2.05) is 0 Å². The molecule has 46 valence electrons. The fourth-order valence-corrected chi connectivity index (χ4v) is 1.35. The normalized spacial score (nSPS) is 16.8. The molecule has 0 fully saturated rings. The number of nitriles is 1. The van der Waals surface area contributed by atoms with Crippen LogP contribution >= 0.6 is 0 Å². The van der Waals surface area contributed by atoms with E-state index in [0.717, 1.165) is 6.42 Å². The average Bonchev–Trinajstić information content (AvgIpc) is 1.87. The van der Waals surface area contributed by atoms with Crippen LogP contribution in [0.1, 0.15) is 20.3 Å². The van der Waals surface area contributed by atoms with Crippen LogP contribution in [0.4, 0.5) is 0 Å². The van der Waals surface area contributed by atoms with Gasteiger partial charge < -0.3 is 0 Å². The van der Waals surface area contributed by atoms with Crippen molar-refractivity contribution < 1.29 is 0 Å². The Hall–Kier alpha value is 0.280. The number of rotatable bonds is 2. The molecule has 0 aliphatic carbocycles. The van der Waals surface area contributed by atoms with Gasteiger partial charge in [-0.3, -0.25) is 0 Å². The summed E-state index contributed by atoms with van der Waals surface area (Å²) in [6.07, 6.45) is 1.02. The first-order chi connectivity index (χ1) is 3.68. The SMILES string of the molecule is CCC(C)(C#N)[Te]C. The summed E-state index contributed by atoms with van der Waals surface area (Å²) in [4.78, 5) is 2.18. The molecule has 0 amide bonds. The van der Waals surface area contributed by atoms with E-state index < -0.39 is 0 Å². The van der Waals surface area contributed by atoms with Crippen LogP contribution in [0.15, 0.2) is 0 Å². The Bertz CT molecular complexity index is 99.6. The zero-order valence-electron chi connectivity index (χ0n) is 5.56. The van der Waals surface area contributed by atoms with Crippen LogP contribution < -0.4 is 0 Å². The molecule has 2 heteroatoms. The minimum absolute atomic E-state index is 0.0600. The molecule has 0 saturated carbocycles. The van der Waals surface area contributed by atoms with Crippen molar-refractivity contribution in [1.82, 2.24) is 0 Å². The molecule has 8 heavy (non-hydrogen) atoms. The van der Waals surface area contributed by atoms with Crippen LogP contribution in [0.2, 0.25) is 8.43 Å². The Morgan fingerprint density at radius 1 is 1.75 bits per heavy atom. The fraction of sp³-hybridized carbons (Fsp3) is 0.833. The molecule has 1 nitrogen and oxygen atoms in total. The standard InChI is InChI=1S/C6H11NTe/c1-4-6(2,5-7)8-3/h4H2,1-3H3. The first-order valence-electron chi connectivity index (χ1n) is 2.65. The molecule has 1 atom stereocenters.